The summed E-state index contributed by atoms with van der Waals surface area (Å²) in [5.41, 5.74) is 1.55. The van der Waals surface area contributed by atoms with Crippen LogP contribution in [-0.4, -0.2) is 65.4 Å². The summed E-state index contributed by atoms with van der Waals surface area (Å²) in [6, 6.07) is 5.45. The van der Waals surface area contributed by atoms with Gasteiger partial charge in [-0.1, -0.05) is 13.0 Å². The van der Waals surface area contributed by atoms with Gasteiger partial charge < -0.3 is 20.4 Å². The second-order valence-electron chi connectivity index (χ2n) is 6.79. The summed E-state index contributed by atoms with van der Waals surface area (Å²) < 4.78 is 16.4. The number of aliphatic imine (C=N–C) groups is 1. The fourth-order valence-corrected chi connectivity index (χ4v) is 3.27. The number of aromatic nitrogens is 3. The molecule has 1 aliphatic heterocycles. The summed E-state index contributed by atoms with van der Waals surface area (Å²) in [6.07, 6.45) is 1.51. The monoisotopic (exact) mass is 516 g/mol. The van der Waals surface area contributed by atoms with Crippen molar-refractivity contribution in [3.8, 4) is 0 Å². The summed E-state index contributed by atoms with van der Waals surface area (Å²) in [5, 5.41) is 10.4. The van der Waals surface area contributed by atoms with Crippen LogP contribution in [0.1, 0.15) is 18.3 Å². The highest BCUT2D eigenvalue weighted by molar-refractivity contribution is 14.0. The third-order valence-electron chi connectivity index (χ3n) is 5.07. The molecule has 160 valence electrons. The van der Waals surface area contributed by atoms with E-state index in [-0.39, 0.29) is 29.8 Å². The largest absolute Gasteiger partial charge is 0.367 e. The molecule has 0 spiro atoms. The number of anilines is 1. The van der Waals surface area contributed by atoms with Crippen LogP contribution < -0.4 is 15.5 Å². The van der Waals surface area contributed by atoms with Gasteiger partial charge >= 0.3 is 0 Å². The van der Waals surface area contributed by atoms with Gasteiger partial charge in [0.25, 0.3) is 0 Å². The number of hydrogen-bond donors (Lipinski definition) is 2. The quantitative estimate of drug-likeness (QED) is 0.345. The highest BCUT2D eigenvalue weighted by Crippen LogP contribution is 2.22. The van der Waals surface area contributed by atoms with E-state index in [1.54, 1.807) is 17.8 Å². The van der Waals surface area contributed by atoms with Gasteiger partial charge in [-0.3, -0.25) is 9.67 Å². The molecule has 0 aliphatic carbocycles. The van der Waals surface area contributed by atoms with Crippen molar-refractivity contribution in [1.29, 1.82) is 0 Å². The Hall–Kier alpha value is -1.95. The Labute approximate surface area is 188 Å². The molecule has 1 aromatic carbocycles. The van der Waals surface area contributed by atoms with Crippen molar-refractivity contribution in [2.45, 2.75) is 20.0 Å². The number of likely N-dealkylation sites (N-methyl/N-ethyl adjacent to an activating group) is 1. The number of halogens is 2. The van der Waals surface area contributed by atoms with E-state index in [4.69, 9.17) is 0 Å². The second-order valence-corrected chi connectivity index (χ2v) is 6.79. The lowest BCUT2D eigenvalue weighted by molar-refractivity contribution is 0.270. The van der Waals surface area contributed by atoms with Gasteiger partial charge in [0.1, 0.15) is 18.0 Å². The average Bonchev–Trinajstić information content (AvgIpc) is 3.13. The molecule has 10 heteroatoms. The van der Waals surface area contributed by atoms with Crippen molar-refractivity contribution in [3.05, 3.63) is 41.7 Å². The molecule has 0 amide bonds. The van der Waals surface area contributed by atoms with Crippen LogP contribution in [0.4, 0.5) is 10.1 Å². The zero-order valence-corrected chi connectivity index (χ0v) is 19.6. The van der Waals surface area contributed by atoms with Crippen LogP contribution >= 0.6 is 24.0 Å². The minimum Gasteiger partial charge on any atom is -0.367 e. The first-order valence-corrected chi connectivity index (χ1v) is 9.63. The van der Waals surface area contributed by atoms with Crippen LogP contribution in [0, 0.1) is 5.82 Å². The van der Waals surface area contributed by atoms with Crippen LogP contribution in [0.2, 0.25) is 0 Å². The fraction of sp³-hybridized carbons (Fsp3) is 0.526. The maximum absolute atomic E-state index is 14.7. The Bertz CT molecular complexity index is 801. The van der Waals surface area contributed by atoms with E-state index in [2.05, 4.69) is 42.4 Å². The molecule has 29 heavy (non-hydrogen) atoms. The Morgan fingerprint density at radius 1 is 1.17 bits per heavy atom. The van der Waals surface area contributed by atoms with Crippen molar-refractivity contribution in [1.82, 2.24) is 30.3 Å². The molecule has 0 atom stereocenters. The average molecular weight is 516 g/mol. The molecule has 1 aliphatic rings. The van der Waals surface area contributed by atoms with E-state index in [0.29, 0.717) is 24.7 Å². The molecule has 1 saturated heterocycles. The fourth-order valence-electron chi connectivity index (χ4n) is 3.27. The number of rotatable bonds is 6. The van der Waals surface area contributed by atoms with Crippen molar-refractivity contribution in [2.75, 3.05) is 44.7 Å². The van der Waals surface area contributed by atoms with E-state index in [9.17, 15) is 4.39 Å². The molecule has 0 radical (unpaired) electrons. The molecule has 2 aromatic rings. The zero-order valence-electron chi connectivity index (χ0n) is 17.2. The summed E-state index contributed by atoms with van der Waals surface area (Å²) in [4.78, 5) is 12.9. The molecule has 8 nitrogen and oxygen atoms in total. The first kappa shape index (κ1) is 23.3. The minimum absolute atomic E-state index is 0. The van der Waals surface area contributed by atoms with E-state index in [0.717, 1.165) is 44.1 Å². The molecule has 1 fully saturated rings. The van der Waals surface area contributed by atoms with Crippen molar-refractivity contribution >= 4 is 35.6 Å². The number of benzene rings is 1. The summed E-state index contributed by atoms with van der Waals surface area (Å²) in [6.45, 7) is 7.88. The molecule has 3 rings (SSSR count). The first-order chi connectivity index (χ1) is 13.6. The molecule has 0 saturated carbocycles. The highest BCUT2D eigenvalue weighted by atomic mass is 127. The Balaban J connectivity index is 0.00000300. The third-order valence-corrected chi connectivity index (χ3v) is 5.07. The van der Waals surface area contributed by atoms with Crippen LogP contribution in [0.25, 0.3) is 0 Å². The van der Waals surface area contributed by atoms with Gasteiger partial charge in [0.15, 0.2) is 5.96 Å². The first-order valence-electron chi connectivity index (χ1n) is 9.63. The van der Waals surface area contributed by atoms with E-state index >= 15 is 0 Å². The van der Waals surface area contributed by atoms with Crippen LogP contribution in [-0.2, 0) is 20.1 Å². The van der Waals surface area contributed by atoms with Crippen molar-refractivity contribution in [3.63, 3.8) is 0 Å². The van der Waals surface area contributed by atoms with Gasteiger partial charge in [0.05, 0.1) is 12.2 Å². The molecule has 2 N–H and O–H groups in total. The Morgan fingerprint density at radius 3 is 2.48 bits per heavy atom. The van der Waals surface area contributed by atoms with Crippen molar-refractivity contribution in [2.24, 2.45) is 12.0 Å². The second kappa shape index (κ2) is 11.3. The topological polar surface area (TPSA) is 73.6 Å². The predicted octanol–water partition coefficient (Wildman–Crippen LogP) is 1.58. The minimum atomic E-state index is -0.175. The van der Waals surface area contributed by atoms with Gasteiger partial charge in [-0.2, -0.15) is 5.10 Å². The maximum Gasteiger partial charge on any atom is 0.191 e. The number of hydrogen-bond acceptors (Lipinski definition) is 5. The van der Waals surface area contributed by atoms with E-state index < -0.39 is 0 Å². The highest BCUT2D eigenvalue weighted by Gasteiger charge is 2.18. The normalized spacial score (nSPS) is 15.2. The standard InChI is InChI=1S/C19H29FN8.HI/c1-4-27-7-9-28(10-8-27)17-6-5-15(11-16(17)20)12-22-19(21-2)23-13-18-24-14-25-26(18)3;/h5-6,11,14H,4,7-10,12-13H2,1-3H3,(H2,21,22,23);1H. The Kier molecular flexibility index (Phi) is 9.08. The van der Waals surface area contributed by atoms with Crippen LogP contribution in [0.15, 0.2) is 29.5 Å². The lowest BCUT2D eigenvalue weighted by atomic mass is 10.1. The number of nitrogens with zero attached hydrogens (tertiary/aromatic N) is 6. The van der Waals surface area contributed by atoms with Gasteiger partial charge in [0, 0.05) is 46.8 Å². The molecular weight excluding hydrogens is 486 g/mol. The summed E-state index contributed by atoms with van der Waals surface area (Å²) in [7, 11) is 3.54. The molecule has 0 bridgehead atoms. The van der Waals surface area contributed by atoms with Crippen LogP contribution in [0.5, 0.6) is 0 Å². The number of piperazine rings is 1. The summed E-state index contributed by atoms with van der Waals surface area (Å²) in [5.74, 6) is 1.26. The molecule has 0 unspecified atom stereocenters. The summed E-state index contributed by atoms with van der Waals surface area (Å²) >= 11 is 0. The third kappa shape index (κ3) is 6.26. The molecular formula is C19H30FIN8. The van der Waals surface area contributed by atoms with Gasteiger partial charge in [-0.25, -0.2) is 9.37 Å². The van der Waals surface area contributed by atoms with Gasteiger partial charge in [-0.15, -0.1) is 24.0 Å². The van der Waals surface area contributed by atoms with Crippen LogP contribution in [0.3, 0.4) is 0 Å². The number of nitrogens with one attached hydrogen (secondary N) is 2. The zero-order chi connectivity index (χ0) is 19.9. The number of guanidine groups is 1. The molecule has 1 aromatic heterocycles. The van der Waals surface area contributed by atoms with E-state index in [1.165, 1.54) is 6.33 Å². The van der Waals surface area contributed by atoms with E-state index in [1.807, 2.05) is 19.2 Å². The Morgan fingerprint density at radius 2 is 1.90 bits per heavy atom. The maximum atomic E-state index is 14.7. The lowest BCUT2D eigenvalue weighted by Crippen LogP contribution is -2.46. The predicted molar refractivity (Wildman–Crippen MR) is 124 cm³/mol. The molecule has 2 heterocycles. The smallest absolute Gasteiger partial charge is 0.191 e. The van der Waals surface area contributed by atoms with Gasteiger partial charge in [-0.05, 0) is 24.2 Å². The van der Waals surface area contributed by atoms with Crippen molar-refractivity contribution < 1.29 is 4.39 Å². The number of aryl methyl sites for hydroxylation is 1. The SMILES string of the molecule is CCN1CCN(c2ccc(CNC(=NC)NCc3ncnn3C)cc2F)CC1.I. The lowest BCUT2D eigenvalue weighted by Gasteiger charge is -2.35. The van der Waals surface area contributed by atoms with Gasteiger partial charge in [0.2, 0.25) is 0 Å².